The van der Waals surface area contributed by atoms with Gasteiger partial charge in [0, 0.05) is 47.2 Å². The van der Waals surface area contributed by atoms with E-state index in [2.05, 4.69) is 54.4 Å². The van der Waals surface area contributed by atoms with Crippen LogP contribution in [-0.2, 0) is 11.3 Å². The van der Waals surface area contributed by atoms with Crippen molar-refractivity contribution < 1.29 is 14.7 Å². The van der Waals surface area contributed by atoms with Crippen LogP contribution in [0.3, 0.4) is 0 Å². The van der Waals surface area contributed by atoms with Crippen molar-refractivity contribution >= 4 is 44.3 Å². The second kappa shape index (κ2) is 11.7. The van der Waals surface area contributed by atoms with Crippen LogP contribution in [-0.4, -0.2) is 53.6 Å². The quantitative estimate of drug-likeness (QED) is 0.190. The zero-order chi connectivity index (χ0) is 32.1. The van der Waals surface area contributed by atoms with Gasteiger partial charge in [0.1, 0.15) is 11.4 Å². The van der Waals surface area contributed by atoms with Crippen LogP contribution in [0, 0.1) is 0 Å². The lowest BCUT2D eigenvalue weighted by atomic mass is 9.99. The fourth-order valence-corrected chi connectivity index (χ4v) is 7.81. The summed E-state index contributed by atoms with van der Waals surface area (Å²) >= 11 is 1.26. The van der Waals surface area contributed by atoms with Gasteiger partial charge >= 0.3 is 5.97 Å². The molecule has 5 heterocycles. The molecule has 0 saturated carbocycles. The molecule has 1 N–H and O–H groups in total. The van der Waals surface area contributed by atoms with Crippen LogP contribution < -0.4 is 0 Å². The maximum absolute atomic E-state index is 13.8. The predicted molar refractivity (Wildman–Crippen MR) is 186 cm³/mol. The number of aromatic carboxylic acids is 1. The van der Waals surface area contributed by atoms with Gasteiger partial charge in [0.15, 0.2) is 0 Å². The first-order chi connectivity index (χ1) is 22.9. The summed E-state index contributed by atoms with van der Waals surface area (Å²) in [4.78, 5) is 37.2. The van der Waals surface area contributed by atoms with Crippen LogP contribution in [0.4, 0.5) is 0 Å². The van der Waals surface area contributed by atoms with Crippen LogP contribution in [0.1, 0.15) is 29.4 Å². The summed E-state index contributed by atoms with van der Waals surface area (Å²) in [6.45, 7) is 2.97. The third kappa shape index (κ3) is 5.18. The number of hydrogen-bond donors (Lipinski definition) is 1. The van der Waals surface area contributed by atoms with Gasteiger partial charge in [-0.15, -0.1) is 11.3 Å². The van der Waals surface area contributed by atoms with Gasteiger partial charge in [-0.25, -0.2) is 14.8 Å². The van der Waals surface area contributed by atoms with Crippen molar-refractivity contribution in [2.75, 3.05) is 6.54 Å². The maximum atomic E-state index is 13.8. The second-order valence-corrected chi connectivity index (χ2v) is 13.1. The van der Waals surface area contributed by atoms with Crippen molar-refractivity contribution in [3.8, 4) is 39.3 Å². The molecule has 7 aromatic rings. The maximum Gasteiger partial charge on any atom is 0.345 e. The molecule has 1 atom stereocenters. The van der Waals surface area contributed by atoms with E-state index in [1.54, 1.807) is 18.6 Å². The first-order valence-electron chi connectivity index (χ1n) is 15.7. The SMILES string of the molecule is CC1CCCN1C(=O)Cn1c(-c2ccc3nc(-c4ccc(-n5ccnc5)cc4)ccc3c2)c(-c2ccccc2)c2sc(C(=O)O)cc21. The lowest BCUT2D eigenvalue weighted by molar-refractivity contribution is -0.132. The molecule has 1 unspecified atom stereocenters. The van der Waals surface area contributed by atoms with E-state index >= 15 is 0 Å². The van der Waals surface area contributed by atoms with E-state index in [4.69, 9.17) is 4.98 Å². The summed E-state index contributed by atoms with van der Waals surface area (Å²) in [6.07, 6.45) is 7.43. The largest absolute Gasteiger partial charge is 0.477 e. The highest BCUT2D eigenvalue weighted by Gasteiger charge is 2.29. The topological polar surface area (TPSA) is 93.3 Å². The Balaban J connectivity index is 1.25. The molecule has 0 bridgehead atoms. The average Bonchev–Trinajstić information content (AvgIpc) is 3.91. The minimum atomic E-state index is -0.971. The number of benzene rings is 3. The van der Waals surface area contributed by atoms with E-state index in [0.717, 1.165) is 79.8 Å². The zero-order valence-corrected chi connectivity index (χ0v) is 26.5. The van der Waals surface area contributed by atoms with E-state index in [1.807, 2.05) is 62.7 Å². The summed E-state index contributed by atoms with van der Waals surface area (Å²) in [5, 5.41) is 10.9. The van der Waals surface area contributed by atoms with Crippen LogP contribution >= 0.6 is 11.3 Å². The lowest BCUT2D eigenvalue weighted by Crippen LogP contribution is -2.36. The molecule has 0 spiro atoms. The number of thiophene rings is 1. The summed E-state index contributed by atoms with van der Waals surface area (Å²) in [6, 6.07) is 30.5. The van der Waals surface area contributed by atoms with Gasteiger partial charge in [-0.05, 0) is 67.3 Å². The van der Waals surface area contributed by atoms with Crippen molar-refractivity contribution in [3.05, 3.63) is 115 Å². The van der Waals surface area contributed by atoms with Gasteiger partial charge in [-0.1, -0.05) is 54.6 Å². The minimum Gasteiger partial charge on any atom is -0.477 e. The van der Waals surface area contributed by atoms with Crippen LogP contribution in [0.15, 0.2) is 110 Å². The van der Waals surface area contributed by atoms with Crippen LogP contribution in [0.5, 0.6) is 0 Å². The van der Waals surface area contributed by atoms with Crippen LogP contribution in [0.2, 0.25) is 0 Å². The number of aromatic nitrogens is 4. The summed E-state index contributed by atoms with van der Waals surface area (Å²) < 4.78 is 4.85. The number of imidazole rings is 1. The van der Waals surface area contributed by atoms with Crippen LogP contribution in [0.25, 0.3) is 60.4 Å². The van der Waals surface area contributed by atoms with E-state index in [9.17, 15) is 14.7 Å². The highest BCUT2D eigenvalue weighted by Crippen LogP contribution is 2.45. The normalized spacial score (nSPS) is 14.7. The number of pyridine rings is 1. The standard InChI is InChI=1S/C38H31N5O3S/c1-24-6-5-18-42(24)34(44)22-43-32-21-33(38(45)46)47-37(32)35(26-7-3-2-4-8-26)36(43)28-12-16-31-27(20-28)11-15-30(40-31)25-9-13-29(14-10-25)41-19-17-39-23-41/h2-4,7-17,19-21,23-24H,5-6,18,22H2,1H3,(H,45,46). The highest BCUT2D eigenvalue weighted by molar-refractivity contribution is 7.21. The number of nitrogens with zero attached hydrogens (tertiary/aromatic N) is 5. The zero-order valence-electron chi connectivity index (χ0n) is 25.7. The van der Waals surface area contributed by atoms with Gasteiger partial charge in [-0.3, -0.25) is 4.79 Å². The number of likely N-dealkylation sites (tertiary alicyclic amines) is 1. The highest BCUT2D eigenvalue weighted by atomic mass is 32.1. The van der Waals surface area contributed by atoms with Crippen molar-refractivity contribution in [1.29, 1.82) is 0 Å². The number of hydrogen-bond acceptors (Lipinski definition) is 5. The lowest BCUT2D eigenvalue weighted by Gasteiger charge is -2.23. The molecule has 47 heavy (non-hydrogen) atoms. The first kappa shape index (κ1) is 28.9. The Hall–Kier alpha value is -5.54. The van der Waals surface area contributed by atoms with Crippen molar-refractivity contribution in [2.45, 2.75) is 32.4 Å². The molecule has 9 heteroatoms. The van der Waals surface area contributed by atoms with Gasteiger partial charge in [-0.2, -0.15) is 0 Å². The number of carbonyl (C=O) groups is 2. The Labute approximate surface area is 275 Å². The number of fused-ring (bicyclic) bond motifs is 2. The molecule has 1 saturated heterocycles. The second-order valence-electron chi connectivity index (χ2n) is 12.0. The number of amides is 1. The molecule has 1 fully saturated rings. The van der Waals surface area contributed by atoms with E-state index in [1.165, 1.54) is 11.3 Å². The molecule has 4 aromatic heterocycles. The molecule has 0 aliphatic carbocycles. The first-order valence-corrected chi connectivity index (χ1v) is 16.5. The summed E-state index contributed by atoms with van der Waals surface area (Å²) in [7, 11) is 0. The van der Waals surface area contributed by atoms with Crippen molar-refractivity contribution in [2.24, 2.45) is 0 Å². The fraction of sp³-hybridized carbons (Fsp3) is 0.158. The molecular weight excluding hydrogens is 607 g/mol. The van der Waals surface area contributed by atoms with E-state index in [0.29, 0.717) is 0 Å². The number of carboxylic acids is 1. The minimum absolute atomic E-state index is 0.0435. The Morgan fingerprint density at radius 1 is 0.936 bits per heavy atom. The predicted octanol–water partition coefficient (Wildman–Crippen LogP) is 8.15. The Bertz CT molecular complexity index is 2270. The summed E-state index contributed by atoms with van der Waals surface area (Å²) in [5.41, 5.74) is 8.29. The molecule has 1 amide bonds. The van der Waals surface area contributed by atoms with Gasteiger partial charge < -0.3 is 19.1 Å². The van der Waals surface area contributed by atoms with Crippen molar-refractivity contribution in [3.63, 3.8) is 0 Å². The Morgan fingerprint density at radius 3 is 2.47 bits per heavy atom. The molecule has 1 aliphatic rings. The molecule has 232 valence electrons. The van der Waals surface area contributed by atoms with E-state index < -0.39 is 5.97 Å². The third-order valence-corrected chi connectivity index (χ3v) is 10.2. The van der Waals surface area contributed by atoms with E-state index in [-0.39, 0.29) is 23.4 Å². The van der Waals surface area contributed by atoms with Gasteiger partial charge in [0.05, 0.1) is 33.4 Å². The number of carbonyl (C=O) groups excluding carboxylic acids is 1. The average molecular weight is 638 g/mol. The van der Waals surface area contributed by atoms with Gasteiger partial charge in [0.2, 0.25) is 5.91 Å². The van der Waals surface area contributed by atoms with Gasteiger partial charge in [0.25, 0.3) is 0 Å². The van der Waals surface area contributed by atoms with Crippen molar-refractivity contribution in [1.82, 2.24) is 24.0 Å². The number of carboxylic acid groups (broad SMARTS) is 1. The molecule has 8 nitrogen and oxygen atoms in total. The molecule has 8 rings (SSSR count). The molecular formula is C38H31N5O3S. The molecule has 3 aromatic carbocycles. The Morgan fingerprint density at radius 2 is 1.74 bits per heavy atom. The smallest absolute Gasteiger partial charge is 0.345 e. The Kier molecular flexibility index (Phi) is 7.18. The monoisotopic (exact) mass is 637 g/mol. The fourth-order valence-electron chi connectivity index (χ4n) is 6.75. The number of rotatable bonds is 7. The molecule has 1 aliphatic heterocycles. The third-order valence-electron chi connectivity index (χ3n) is 9.11. The molecule has 0 radical (unpaired) electrons. The summed E-state index contributed by atoms with van der Waals surface area (Å²) in [5.74, 6) is -0.927.